The van der Waals surface area contributed by atoms with Crippen molar-refractivity contribution in [2.24, 2.45) is 7.05 Å². The van der Waals surface area contributed by atoms with Crippen LogP contribution in [0.15, 0.2) is 5.38 Å². The average molecular weight is 308 g/mol. The van der Waals surface area contributed by atoms with Gasteiger partial charge in [0.2, 0.25) is 0 Å². The molecule has 2 amide bonds. The van der Waals surface area contributed by atoms with Crippen LogP contribution in [0, 0.1) is 6.92 Å². The molecule has 1 aliphatic heterocycles. The maximum Gasteiger partial charge on any atom is 0.324 e. The van der Waals surface area contributed by atoms with E-state index in [9.17, 15) is 4.79 Å². The molecule has 0 aliphatic carbocycles. The third-order valence-corrected chi connectivity index (χ3v) is 4.19. The van der Waals surface area contributed by atoms with E-state index in [0.29, 0.717) is 13.1 Å². The number of urea groups is 1. The first-order chi connectivity index (χ1) is 10.1. The molecule has 1 aliphatic rings. The van der Waals surface area contributed by atoms with Crippen molar-refractivity contribution >= 4 is 28.4 Å². The summed E-state index contributed by atoms with van der Waals surface area (Å²) >= 11 is 1.64. The Hall–Kier alpha value is -2.23. The molecule has 2 aromatic rings. The fourth-order valence-electron chi connectivity index (χ4n) is 2.10. The molecule has 0 saturated carbocycles. The minimum Gasteiger partial charge on any atom is -0.345 e. The summed E-state index contributed by atoms with van der Waals surface area (Å²) in [6.45, 7) is 4.82. The molecule has 0 bridgehead atoms. The summed E-state index contributed by atoms with van der Waals surface area (Å²) in [4.78, 5) is 21.8. The number of tetrazole rings is 1. The lowest BCUT2D eigenvalue weighted by Crippen LogP contribution is -2.50. The van der Waals surface area contributed by atoms with Gasteiger partial charge >= 0.3 is 6.03 Å². The Morgan fingerprint density at radius 2 is 2.10 bits per heavy atom. The summed E-state index contributed by atoms with van der Waals surface area (Å²) in [7, 11) is 1.65. The van der Waals surface area contributed by atoms with Gasteiger partial charge in [0.25, 0.3) is 5.95 Å². The third-order valence-electron chi connectivity index (χ3n) is 3.17. The number of rotatable bonds is 2. The molecule has 21 heavy (non-hydrogen) atoms. The van der Waals surface area contributed by atoms with E-state index >= 15 is 0 Å². The second-order valence-corrected chi connectivity index (χ2v) is 5.61. The van der Waals surface area contributed by atoms with Crippen LogP contribution in [0.3, 0.4) is 0 Å². The lowest BCUT2D eigenvalue weighted by atomic mass is 10.3. The molecular formula is C11H16N8OS. The topological polar surface area (TPSA) is 92.1 Å². The molecule has 1 fully saturated rings. The van der Waals surface area contributed by atoms with Crippen LogP contribution in [0.4, 0.5) is 15.9 Å². The SMILES string of the molecule is Cc1csc(N2CCN(C(=O)Nc3nnn(C)n3)CC2)n1. The van der Waals surface area contributed by atoms with Gasteiger partial charge in [-0.15, -0.1) is 16.4 Å². The zero-order valence-electron chi connectivity index (χ0n) is 11.9. The number of aromatic nitrogens is 5. The predicted octanol–water partition coefficient (Wildman–Crippen LogP) is 0.329. The second-order valence-electron chi connectivity index (χ2n) is 4.78. The van der Waals surface area contributed by atoms with Gasteiger partial charge in [0.15, 0.2) is 5.13 Å². The van der Waals surface area contributed by atoms with Crippen LogP contribution in [-0.4, -0.2) is 62.3 Å². The Morgan fingerprint density at radius 1 is 1.33 bits per heavy atom. The molecule has 2 aromatic heterocycles. The number of piperazine rings is 1. The fraction of sp³-hybridized carbons (Fsp3) is 0.545. The molecule has 10 heteroatoms. The summed E-state index contributed by atoms with van der Waals surface area (Å²) < 4.78 is 0. The molecule has 0 radical (unpaired) electrons. The van der Waals surface area contributed by atoms with Gasteiger partial charge in [-0.2, -0.15) is 4.80 Å². The minimum absolute atomic E-state index is 0.196. The summed E-state index contributed by atoms with van der Waals surface area (Å²) in [5, 5.41) is 17.0. The van der Waals surface area contributed by atoms with E-state index in [2.05, 4.69) is 30.6 Å². The van der Waals surface area contributed by atoms with E-state index in [4.69, 9.17) is 0 Å². The van der Waals surface area contributed by atoms with Crippen molar-refractivity contribution in [1.82, 2.24) is 30.1 Å². The minimum atomic E-state index is -0.196. The van der Waals surface area contributed by atoms with E-state index < -0.39 is 0 Å². The summed E-state index contributed by atoms with van der Waals surface area (Å²) in [6, 6.07) is -0.196. The third kappa shape index (κ3) is 3.10. The molecule has 0 atom stereocenters. The van der Waals surface area contributed by atoms with E-state index in [1.807, 2.05) is 12.3 Å². The van der Waals surface area contributed by atoms with E-state index in [0.717, 1.165) is 23.9 Å². The van der Waals surface area contributed by atoms with Crippen LogP contribution in [0.1, 0.15) is 5.69 Å². The number of hydrogen-bond donors (Lipinski definition) is 1. The average Bonchev–Trinajstić information content (AvgIpc) is 3.08. The molecule has 0 aromatic carbocycles. The number of amides is 2. The van der Waals surface area contributed by atoms with Crippen molar-refractivity contribution in [3.05, 3.63) is 11.1 Å². The van der Waals surface area contributed by atoms with Crippen LogP contribution < -0.4 is 10.2 Å². The van der Waals surface area contributed by atoms with Gasteiger partial charge < -0.3 is 9.80 Å². The van der Waals surface area contributed by atoms with Gasteiger partial charge in [-0.1, -0.05) is 5.10 Å². The first kappa shape index (κ1) is 13.7. The van der Waals surface area contributed by atoms with Gasteiger partial charge in [-0.05, 0) is 12.1 Å². The van der Waals surface area contributed by atoms with Crippen molar-refractivity contribution in [3.63, 3.8) is 0 Å². The molecule has 0 unspecified atom stereocenters. The quantitative estimate of drug-likeness (QED) is 0.859. The van der Waals surface area contributed by atoms with Gasteiger partial charge in [-0.25, -0.2) is 9.78 Å². The summed E-state index contributed by atoms with van der Waals surface area (Å²) in [5.41, 5.74) is 1.03. The first-order valence-electron chi connectivity index (χ1n) is 6.59. The van der Waals surface area contributed by atoms with Crippen molar-refractivity contribution in [1.29, 1.82) is 0 Å². The maximum absolute atomic E-state index is 12.1. The predicted molar refractivity (Wildman–Crippen MR) is 78.5 cm³/mol. The van der Waals surface area contributed by atoms with Crippen LogP contribution in [0.5, 0.6) is 0 Å². The van der Waals surface area contributed by atoms with Crippen molar-refractivity contribution < 1.29 is 4.79 Å². The summed E-state index contributed by atoms with van der Waals surface area (Å²) in [6.07, 6.45) is 0. The molecule has 112 valence electrons. The van der Waals surface area contributed by atoms with Crippen LogP contribution >= 0.6 is 11.3 Å². The van der Waals surface area contributed by atoms with Crippen molar-refractivity contribution in [2.75, 3.05) is 36.4 Å². The van der Waals surface area contributed by atoms with Crippen molar-refractivity contribution in [2.45, 2.75) is 6.92 Å². The number of thiazole rings is 1. The molecule has 3 heterocycles. The van der Waals surface area contributed by atoms with E-state index in [1.165, 1.54) is 4.80 Å². The highest BCUT2D eigenvalue weighted by atomic mass is 32.1. The molecule has 1 saturated heterocycles. The lowest BCUT2D eigenvalue weighted by Gasteiger charge is -2.34. The maximum atomic E-state index is 12.1. The standard InChI is InChI=1S/C11H16N8OS/c1-8-7-21-11(12-8)19-5-3-18(4-6-19)10(20)13-9-14-16-17(2)15-9/h7H,3-6H2,1-2H3,(H,13,15,20). The van der Waals surface area contributed by atoms with E-state index in [-0.39, 0.29) is 12.0 Å². The normalized spacial score (nSPS) is 15.3. The first-order valence-corrected chi connectivity index (χ1v) is 7.47. The molecular weight excluding hydrogens is 292 g/mol. The Kier molecular flexibility index (Phi) is 3.69. The van der Waals surface area contributed by atoms with Gasteiger partial charge in [0.05, 0.1) is 12.7 Å². The van der Waals surface area contributed by atoms with Crippen LogP contribution in [0.2, 0.25) is 0 Å². The largest absolute Gasteiger partial charge is 0.345 e. The fourth-order valence-corrected chi connectivity index (χ4v) is 2.95. The number of nitrogens with zero attached hydrogens (tertiary/aromatic N) is 7. The lowest BCUT2D eigenvalue weighted by molar-refractivity contribution is 0.208. The Balaban J connectivity index is 1.54. The number of carbonyl (C=O) groups is 1. The zero-order valence-corrected chi connectivity index (χ0v) is 12.7. The van der Waals surface area contributed by atoms with Crippen LogP contribution in [0.25, 0.3) is 0 Å². The van der Waals surface area contributed by atoms with Gasteiger partial charge in [-0.3, -0.25) is 5.32 Å². The highest BCUT2D eigenvalue weighted by molar-refractivity contribution is 7.13. The van der Waals surface area contributed by atoms with Crippen molar-refractivity contribution in [3.8, 4) is 0 Å². The smallest absolute Gasteiger partial charge is 0.324 e. The number of anilines is 2. The Labute approximate surface area is 125 Å². The number of aryl methyl sites for hydroxylation is 2. The van der Waals surface area contributed by atoms with E-state index in [1.54, 1.807) is 23.3 Å². The number of nitrogens with one attached hydrogen (secondary N) is 1. The number of hydrogen-bond acceptors (Lipinski definition) is 7. The highest BCUT2D eigenvalue weighted by Crippen LogP contribution is 2.21. The Bertz CT molecular complexity index is 630. The summed E-state index contributed by atoms with van der Waals surface area (Å²) in [5.74, 6) is 0.223. The zero-order chi connectivity index (χ0) is 14.8. The molecule has 9 nitrogen and oxygen atoms in total. The number of carbonyl (C=O) groups excluding carboxylic acids is 1. The molecule has 3 rings (SSSR count). The van der Waals surface area contributed by atoms with Crippen LogP contribution in [-0.2, 0) is 7.05 Å². The monoisotopic (exact) mass is 308 g/mol. The van der Waals surface area contributed by atoms with Gasteiger partial charge in [0, 0.05) is 31.6 Å². The molecule has 0 spiro atoms. The molecule has 1 N–H and O–H groups in total. The van der Waals surface area contributed by atoms with Gasteiger partial charge in [0.1, 0.15) is 0 Å². The second kappa shape index (κ2) is 5.64. The Morgan fingerprint density at radius 3 is 2.67 bits per heavy atom. The highest BCUT2D eigenvalue weighted by Gasteiger charge is 2.23.